The molecule has 0 N–H and O–H groups in total. The average Bonchev–Trinajstić information content (AvgIpc) is 2.12. The number of rotatable bonds is 3. The Morgan fingerprint density at radius 3 is 2.71 bits per heavy atom. The maximum absolute atomic E-state index is 11.2. The molecule has 0 heterocycles. The summed E-state index contributed by atoms with van der Waals surface area (Å²) < 4.78 is 6.15. The topological polar surface area (TPSA) is 26.3 Å². The summed E-state index contributed by atoms with van der Waals surface area (Å²) in [5.41, 5.74) is 0.627. The van der Waals surface area contributed by atoms with Gasteiger partial charge in [0.15, 0.2) is 5.78 Å². The first kappa shape index (κ1) is 11.8. The van der Waals surface area contributed by atoms with E-state index in [2.05, 4.69) is 22.6 Å². The molecule has 2 nitrogen and oxygen atoms in total. The Balaban J connectivity index is 3.20. The summed E-state index contributed by atoms with van der Waals surface area (Å²) in [6.07, 6.45) is 0. The number of carbonyl (C=O) groups excluding carboxylic acids is 1. The van der Waals surface area contributed by atoms with Crippen LogP contribution in [0.25, 0.3) is 0 Å². The van der Waals surface area contributed by atoms with Crippen LogP contribution in [0.15, 0.2) is 12.1 Å². The lowest BCUT2D eigenvalue weighted by molar-refractivity contribution is 0.101. The van der Waals surface area contributed by atoms with E-state index in [1.807, 2.05) is 6.92 Å². The van der Waals surface area contributed by atoms with Gasteiger partial charge in [-0.25, -0.2) is 0 Å². The van der Waals surface area contributed by atoms with Crippen molar-refractivity contribution < 1.29 is 9.53 Å². The molecule has 0 bridgehead atoms. The summed E-state index contributed by atoms with van der Waals surface area (Å²) in [7, 11) is 0. The van der Waals surface area contributed by atoms with E-state index in [9.17, 15) is 4.79 Å². The van der Waals surface area contributed by atoms with Crippen molar-refractivity contribution in [1.29, 1.82) is 0 Å². The van der Waals surface area contributed by atoms with Gasteiger partial charge in [-0.2, -0.15) is 0 Å². The molecule has 0 radical (unpaired) electrons. The molecule has 0 aromatic heterocycles. The van der Waals surface area contributed by atoms with Gasteiger partial charge in [0.25, 0.3) is 0 Å². The lowest BCUT2D eigenvalue weighted by Crippen LogP contribution is -1.98. The first-order valence-corrected chi connectivity index (χ1v) is 5.64. The minimum absolute atomic E-state index is 0.0144. The van der Waals surface area contributed by atoms with Crippen LogP contribution in [0.3, 0.4) is 0 Å². The van der Waals surface area contributed by atoms with Crippen LogP contribution in [0.4, 0.5) is 0 Å². The number of ketones is 1. The number of ether oxygens (including phenoxy) is 1. The molecule has 0 atom stereocenters. The zero-order valence-corrected chi connectivity index (χ0v) is 10.8. The van der Waals surface area contributed by atoms with E-state index in [4.69, 9.17) is 16.3 Å². The highest BCUT2D eigenvalue weighted by molar-refractivity contribution is 14.1. The molecule has 14 heavy (non-hydrogen) atoms. The highest BCUT2D eigenvalue weighted by Gasteiger charge is 2.10. The zero-order valence-electron chi connectivity index (χ0n) is 7.93. The number of hydrogen-bond acceptors (Lipinski definition) is 2. The summed E-state index contributed by atoms with van der Waals surface area (Å²) in [5, 5.41) is 0.567. The van der Waals surface area contributed by atoms with Crippen molar-refractivity contribution in [3.63, 3.8) is 0 Å². The quantitative estimate of drug-likeness (QED) is 0.628. The van der Waals surface area contributed by atoms with E-state index >= 15 is 0 Å². The Morgan fingerprint density at radius 1 is 1.57 bits per heavy atom. The fraction of sp³-hybridized carbons (Fsp3) is 0.300. The van der Waals surface area contributed by atoms with Crippen molar-refractivity contribution in [1.82, 2.24) is 0 Å². The second-order valence-electron chi connectivity index (χ2n) is 2.76. The highest BCUT2D eigenvalue weighted by Crippen LogP contribution is 2.31. The van der Waals surface area contributed by atoms with Crippen LogP contribution in [0.2, 0.25) is 5.02 Å². The van der Waals surface area contributed by atoms with Gasteiger partial charge in [0.2, 0.25) is 0 Å². The van der Waals surface area contributed by atoms with E-state index in [1.165, 1.54) is 6.92 Å². The SMILES string of the molecule is CCOc1cc(C(C)=O)cc(I)c1Cl. The zero-order chi connectivity index (χ0) is 10.7. The van der Waals surface area contributed by atoms with Gasteiger partial charge >= 0.3 is 0 Å². The minimum Gasteiger partial charge on any atom is -0.492 e. The van der Waals surface area contributed by atoms with Crippen molar-refractivity contribution in [3.05, 3.63) is 26.3 Å². The van der Waals surface area contributed by atoms with Crippen molar-refractivity contribution in [2.75, 3.05) is 6.61 Å². The Bertz CT molecular complexity index is 363. The molecule has 76 valence electrons. The average molecular weight is 325 g/mol. The van der Waals surface area contributed by atoms with Gasteiger partial charge in [0.1, 0.15) is 5.75 Å². The standard InChI is InChI=1S/C10H10ClIO2/c1-3-14-9-5-7(6(2)13)4-8(12)10(9)11/h4-5H,3H2,1-2H3. The fourth-order valence-electron chi connectivity index (χ4n) is 1.03. The van der Waals surface area contributed by atoms with Crippen LogP contribution in [0, 0.1) is 3.57 Å². The van der Waals surface area contributed by atoms with Crippen molar-refractivity contribution >= 4 is 40.0 Å². The number of hydrogen-bond donors (Lipinski definition) is 0. The van der Waals surface area contributed by atoms with Gasteiger partial charge in [0.05, 0.1) is 11.6 Å². The molecule has 0 saturated heterocycles. The van der Waals surface area contributed by atoms with Crippen LogP contribution < -0.4 is 4.74 Å². The monoisotopic (exact) mass is 324 g/mol. The number of benzene rings is 1. The third kappa shape index (κ3) is 2.60. The second kappa shape index (κ2) is 4.98. The van der Waals surface area contributed by atoms with E-state index in [-0.39, 0.29) is 5.78 Å². The molecule has 0 aliphatic rings. The van der Waals surface area contributed by atoms with Crippen molar-refractivity contribution in [2.24, 2.45) is 0 Å². The van der Waals surface area contributed by atoms with Gasteiger partial charge in [-0.1, -0.05) is 11.6 Å². The van der Waals surface area contributed by atoms with Crippen LogP contribution in [0.5, 0.6) is 5.75 Å². The molecule has 1 aromatic rings. The number of halogens is 2. The maximum atomic E-state index is 11.2. The Hall–Kier alpha value is -0.290. The van der Waals surface area contributed by atoms with Crippen molar-refractivity contribution in [3.8, 4) is 5.75 Å². The number of carbonyl (C=O) groups is 1. The molecule has 0 aliphatic heterocycles. The Kier molecular flexibility index (Phi) is 4.19. The molecule has 0 amide bonds. The Labute approximate surface area is 102 Å². The largest absolute Gasteiger partial charge is 0.492 e. The molecule has 4 heteroatoms. The van der Waals surface area contributed by atoms with Gasteiger partial charge in [-0.3, -0.25) is 4.79 Å². The van der Waals surface area contributed by atoms with Crippen LogP contribution in [0.1, 0.15) is 24.2 Å². The molecule has 1 rings (SSSR count). The first-order valence-electron chi connectivity index (χ1n) is 4.19. The summed E-state index contributed by atoms with van der Waals surface area (Å²) in [6.45, 7) is 3.94. The van der Waals surface area contributed by atoms with Gasteiger partial charge < -0.3 is 4.74 Å². The van der Waals surface area contributed by atoms with Gasteiger partial charge in [-0.05, 0) is 48.6 Å². The number of Topliss-reactive ketones (excluding diaryl/α,β-unsaturated/α-hetero) is 1. The predicted octanol–water partition coefficient (Wildman–Crippen LogP) is 3.55. The predicted molar refractivity (Wildman–Crippen MR) is 65.3 cm³/mol. The summed E-state index contributed by atoms with van der Waals surface area (Å²) >= 11 is 8.09. The summed E-state index contributed by atoms with van der Waals surface area (Å²) in [5.74, 6) is 0.590. The molecular weight excluding hydrogens is 314 g/mol. The molecule has 1 aromatic carbocycles. The van der Waals surface area contributed by atoms with E-state index in [0.717, 1.165) is 3.57 Å². The molecule has 0 aliphatic carbocycles. The van der Waals surface area contributed by atoms with Gasteiger partial charge in [0, 0.05) is 9.13 Å². The minimum atomic E-state index is 0.0144. The van der Waals surface area contributed by atoms with Crippen LogP contribution in [-0.4, -0.2) is 12.4 Å². The summed E-state index contributed by atoms with van der Waals surface area (Å²) in [6, 6.07) is 3.43. The first-order chi connectivity index (χ1) is 6.56. The molecule has 0 spiro atoms. The maximum Gasteiger partial charge on any atom is 0.159 e. The molecular formula is C10H10ClIO2. The fourth-order valence-corrected chi connectivity index (χ4v) is 1.79. The van der Waals surface area contributed by atoms with Crippen LogP contribution in [-0.2, 0) is 0 Å². The van der Waals surface area contributed by atoms with E-state index in [1.54, 1.807) is 12.1 Å². The smallest absolute Gasteiger partial charge is 0.159 e. The lowest BCUT2D eigenvalue weighted by Gasteiger charge is -2.08. The van der Waals surface area contributed by atoms with Crippen LogP contribution >= 0.6 is 34.2 Å². The molecule has 0 saturated carbocycles. The van der Waals surface area contributed by atoms with E-state index < -0.39 is 0 Å². The normalized spacial score (nSPS) is 10.0. The second-order valence-corrected chi connectivity index (χ2v) is 4.30. The highest BCUT2D eigenvalue weighted by atomic mass is 127. The van der Waals surface area contributed by atoms with Gasteiger partial charge in [-0.15, -0.1) is 0 Å². The summed E-state index contributed by atoms with van der Waals surface area (Å²) in [4.78, 5) is 11.2. The van der Waals surface area contributed by atoms with E-state index in [0.29, 0.717) is 22.9 Å². The lowest BCUT2D eigenvalue weighted by atomic mass is 10.1. The molecule has 0 unspecified atom stereocenters. The van der Waals surface area contributed by atoms with Crippen molar-refractivity contribution in [2.45, 2.75) is 13.8 Å². The third-order valence-corrected chi connectivity index (χ3v) is 3.26. The molecule has 0 fully saturated rings. The third-order valence-electron chi connectivity index (χ3n) is 1.70. The Morgan fingerprint density at radius 2 is 2.21 bits per heavy atom.